The third kappa shape index (κ3) is 3.14. The average Bonchev–Trinajstić information content (AvgIpc) is 3.45. The molecule has 1 fully saturated rings. The number of hydrogen-bond acceptors (Lipinski definition) is 6. The lowest BCUT2D eigenvalue weighted by atomic mass is 9.97. The molecule has 4 heterocycles. The van der Waals surface area contributed by atoms with Gasteiger partial charge in [0.05, 0.1) is 12.0 Å². The zero-order chi connectivity index (χ0) is 20.2. The summed E-state index contributed by atoms with van der Waals surface area (Å²) in [5.74, 6) is 0.993. The van der Waals surface area contributed by atoms with E-state index in [9.17, 15) is 8.42 Å². The van der Waals surface area contributed by atoms with Crippen LogP contribution in [0.3, 0.4) is 0 Å². The summed E-state index contributed by atoms with van der Waals surface area (Å²) in [6, 6.07) is 2.27. The number of fused-ring (bicyclic) bond motifs is 2. The van der Waals surface area contributed by atoms with Crippen LogP contribution in [-0.4, -0.2) is 55.2 Å². The summed E-state index contributed by atoms with van der Waals surface area (Å²) < 4.78 is 31.1. The fourth-order valence-corrected chi connectivity index (χ4v) is 5.66. The first-order chi connectivity index (χ1) is 13.9. The number of aryl methyl sites for hydroxylation is 2. The number of sulfonamides is 1. The van der Waals surface area contributed by atoms with Crippen LogP contribution in [0.1, 0.15) is 62.2 Å². The number of aromatic nitrogens is 6. The molecule has 3 aromatic rings. The van der Waals surface area contributed by atoms with E-state index in [1.54, 1.807) is 12.5 Å². The van der Waals surface area contributed by atoms with Gasteiger partial charge in [-0.25, -0.2) is 13.4 Å². The van der Waals surface area contributed by atoms with Crippen molar-refractivity contribution in [1.82, 2.24) is 33.7 Å². The third-order valence-corrected chi connectivity index (χ3v) is 7.83. The van der Waals surface area contributed by atoms with Crippen molar-refractivity contribution in [2.75, 3.05) is 13.1 Å². The normalized spacial score (nSPS) is 18.7. The average molecular weight is 416 g/mol. The second kappa shape index (κ2) is 6.88. The first-order valence-electron chi connectivity index (χ1n) is 10.2. The van der Waals surface area contributed by atoms with Gasteiger partial charge < -0.3 is 4.57 Å². The van der Waals surface area contributed by atoms with Gasteiger partial charge in [0, 0.05) is 31.2 Å². The summed E-state index contributed by atoms with van der Waals surface area (Å²) >= 11 is 0. The van der Waals surface area contributed by atoms with E-state index in [1.807, 2.05) is 22.9 Å². The molecule has 5 rings (SSSR count). The van der Waals surface area contributed by atoms with Crippen LogP contribution in [0.5, 0.6) is 0 Å². The summed E-state index contributed by atoms with van der Waals surface area (Å²) in [5.41, 5.74) is 3.20. The largest absolute Gasteiger partial charge is 0.334 e. The predicted molar refractivity (Wildman–Crippen MR) is 106 cm³/mol. The maximum absolute atomic E-state index is 13.0. The Morgan fingerprint density at radius 1 is 1.14 bits per heavy atom. The van der Waals surface area contributed by atoms with Crippen molar-refractivity contribution in [2.24, 2.45) is 0 Å². The molecule has 0 N–H and O–H groups in total. The van der Waals surface area contributed by atoms with Crippen molar-refractivity contribution in [2.45, 2.75) is 62.9 Å². The van der Waals surface area contributed by atoms with Crippen LogP contribution in [0.2, 0.25) is 0 Å². The highest BCUT2D eigenvalue weighted by Gasteiger charge is 2.33. The van der Waals surface area contributed by atoms with Crippen LogP contribution in [0, 0.1) is 0 Å². The monoisotopic (exact) mass is 415 g/mol. The van der Waals surface area contributed by atoms with Crippen molar-refractivity contribution >= 4 is 15.7 Å². The number of piperidine rings is 1. The Balaban J connectivity index is 1.34. The molecule has 154 valence electrons. The standard InChI is InChI=1S/C19H25N7O2S/c1-13(2)24-11-18(20-12-24)29(27,28)25-8-6-14(7-9-25)19-22-21-17-10-15-4-3-5-16(15)23-26(17)19/h10-14H,3-9H2,1-2H3. The molecule has 1 aliphatic carbocycles. The minimum absolute atomic E-state index is 0.120. The second-order valence-corrected chi connectivity index (χ2v) is 10.1. The van der Waals surface area contributed by atoms with Gasteiger partial charge in [-0.2, -0.15) is 13.9 Å². The number of nitrogens with zero attached hydrogens (tertiary/aromatic N) is 7. The van der Waals surface area contributed by atoms with Crippen molar-refractivity contribution in [1.29, 1.82) is 0 Å². The van der Waals surface area contributed by atoms with E-state index in [0.29, 0.717) is 25.9 Å². The molecule has 0 bridgehead atoms. The van der Waals surface area contributed by atoms with Gasteiger partial charge in [-0.05, 0) is 57.6 Å². The summed E-state index contributed by atoms with van der Waals surface area (Å²) in [6.45, 7) is 4.88. The minimum atomic E-state index is -3.57. The first-order valence-corrected chi connectivity index (χ1v) is 11.6. The molecule has 2 aliphatic rings. The molecular weight excluding hydrogens is 390 g/mol. The smallest absolute Gasteiger partial charge is 0.262 e. The van der Waals surface area contributed by atoms with E-state index in [0.717, 1.165) is 36.4 Å². The topological polar surface area (TPSA) is 98.3 Å². The van der Waals surface area contributed by atoms with E-state index in [4.69, 9.17) is 5.10 Å². The maximum atomic E-state index is 13.0. The molecule has 1 saturated heterocycles. The van der Waals surface area contributed by atoms with Crippen LogP contribution in [0.25, 0.3) is 5.65 Å². The van der Waals surface area contributed by atoms with Crippen molar-refractivity contribution in [3.05, 3.63) is 35.7 Å². The Bertz CT molecular complexity index is 1160. The Kier molecular flexibility index (Phi) is 4.43. The number of imidazole rings is 1. The lowest BCUT2D eigenvalue weighted by Gasteiger charge is -2.29. The molecule has 1 aliphatic heterocycles. The molecule has 0 unspecified atom stereocenters. The number of hydrogen-bond donors (Lipinski definition) is 0. The van der Waals surface area contributed by atoms with Crippen LogP contribution in [0.15, 0.2) is 23.6 Å². The van der Waals surface area contributed by atoms with Crippen molar-refractivity contribution in [3.63, 3.8) is 0 Å². The highest BCUT2D eigenvalue weighted by Crippen LogP contribution is 2.30. The SMILES string of the molecule is CC(C)n1cnc(S(=O)(=O)N2CCC(c3nnc4cc5c(nn34)CCC5)CC2)c1. The Morgan fingerprint density at radius 3 is 2.66 bits per heavy atom. The highest BCUT2D eigenvalue weighted by molar-refractivity contribution is 7.89. The molecule has 0 saturated carbocycles. The summed E-state index contributed by atoms with van der Waals surface area (Å²) in [5, 5.41) is 13.6. The van der Waals surface area contributed by atoms with Gasteiger partial charge in [-0.1, -0.05) is 0 Å². The predicted octanol–water partition coefficient (Wildman–Crippen LogP) is 1.96. The molecule has 0 spiro atoms. The summed E-state index contributed by atoms with van der Waals surface area (Å²) in [6.07, 6.45) is 7.79. The van der Waals surface area contributed by atoms with E-state index in [1.165, 1.54) is 9.87 Å². The Labute approximate surface area is 169 Å². The van der Waals surface area contributed by atoms with Crippen LogP contribution in [-0.2, 0) is 22.9 Å². The lowest BCUT2D eigenvalue weighted by molar-refractivity contribution is 0.310. The van der Waals surface area contributed by atoms with E-state index in [2.05, 4.69) is 21.2 Å². The highest BCUT2D eigenvalue weighted by atomic mass is 32.2. The quantitative estimate of drug-likeness (QED) is 0.646. The zero-order valence-electron chi connectivity index (χ0n) is 16.7. The molecule has 0 aromatic carbocycles. The number of rotatable bonds is 4. The fraction of sp³-hybridized carbons (Fsp3) is 0.579. The second-order valence-electron chi connectivity index (χ2n) is 8.23. The van der Waals surface area contributed by atoms with Crippen LogP contribution >= 0.6 is 0 Å². The van der Waals surface area contributed by atoms with Gasteiger partial charge in [-0.15, -0.1) is 10.2 Å². The Hall–Kier alpha value is -2.33. The van der Waals surface area contributed by atoms with Crippen LogP contribution in [0.4, 0.5) is 0 Å². The van der Waals surface area contributed by atoms with Crippen molar-refractivity contribution < 1.29 is 8.42 Å². The molecule has 3 aromatic heterocycles. The van der Waals surface area contributed by atoms with Gasteiger partial charge in [0.25, 0.3) is 10.0 Å². The molecule has 10 heteroatoms. The summed E-state index contributed by atoms with van der Waals surface area (Å²) in [4.78, 5) is 4.12. The third-order valence-electron chi connectivity index (χ3n) is 6.04. The molecule has 0 radical (unpaired) electrons. The fourth-order valence-electron chi connectivity index (χ4n) is 4.27. The zero-order valence-corrected chi connectivity index (χ0v) is 17.5. The van der Waals surface area contributed by atoms with E-state index >= 15 is 0 Å². The molecule has 0 atom stereocenters. The lowest BCUT2D eigenvalue weighted by Crippen LogP contribution is -2.38. The maximum Gasteiger partial charge on any atom is 0.262 e. The van der Waals surface area contributed by atoms with Crippen molar-refractivity contribution in [3.8, 4) is 0 Å². The first kappa shape index (κ1) is 18.7. The van der Waals surface area contributed by atoms with Gasteiger partial charge in [0.2, 0.25) is 0 Å². The van der Waals surface area contributed by atoms with Gasteiger partial charge in [-0.3, -0.25) is 0 Å². The Morgan fingerprint density at radius 2 is 1.93 bits per heavy atom. The molecule has 0 amide bonds. The van der Waals surface area contributed by atoms with E-state index in [-0.39, 0.29) is 17.0 Å². The molecule has 29 heavy (non-hydrogen) atoms. The van der Waals surface area contributed by atoms with Gasteiger partial charge in [0.15, 0.2) is 16.5 Å². The van der Waals surface area contributed by atoms with Gasteiger partial charge in [0.1, 0.15) is 0 Å². The van der Waals surface area contributed by atoms with E-state index < -0.39 is 10.0 Å². The minimum Gasteiger partial charge on any atom is -0.334 e. The molecule has 9 nitrogen and oxygen atoms in total. The van der Waals surface area contributed by atoms with Crippen LogP contribution < -0.4 is 0 Å². The molecular formula is C19H25N7O2S. The summed E-state index contributed by atoms with van der Waals surface area (Å²) in [7, 11) is -3.57. The van der Waals surface area contributed by atoms with Gasteiger partial charge >= 0.3 is 0 Å².